The van der Waals surface area contributed by atoms with Gasteiger partial charge in [0.15, 0.2) is 12.4 Å². The Hall–Kier alpha value is -2.51. The predicted octanol–water partition coefficient (Wildman–Crippen LogP) is 2.97. The maximum atomic E-state index is 12.4. The van der Waals surface area contributed by atoms with Gasteiger partial charge in [-0.3, -0.25) is 9.59 Å². The van der Waals surface area contributed by atoms with E-state index in [4.69, 9.17) is 4.74 Å². The van der Waals surface area contributed by atoms with Crippen molar-refractivity contribution in [2.24, 2.45) is 0 Å². The number of aryl methyl sites for hydroxylation is 3. The van der Waals surface area contributed by atoms with Gasteiger partial charge in [0.25, 0.3) is 0 Å². The molecule has 154 valence electrons. The Morgan fingerprint density at radius 1 is 1.03 bits per heavy atom. The minimum absolute atomic E-state index is 0.0629. The number of sulfonamides is 1. The maximum Gasteiger partial charge on any atom is 0.324 e. The van der Waals surface area contributed by atoms with Gasteiger partial charge in [-0.15, -0.1) is 0 Å². The number of Topliss-reactive ketones (excluding diaryl/α,β-unsaturated/α-hetero) is 1. The Balaban J connectivity index is 1.57. The lowest BCUT2D eigenvalue weighted by molar-refractivity contribution is -0.144. The van der Waals surface area contributed by atoms with E-state index in [1.165, 1.54) is 30.2 Å². The van der Waals surface area contributed by atoms with Gasteiger partial charge >= 0.3 is 5.97 Å². The van der Waals surface area contributed by atoms with E-state index in [1.54, 1.807) is 18.2 Å². The normalized spacial score (nSPS) is 14.7. The summed E-state index contributed by atoms with van der Waals surface area (Å²) in [6, 6.07) is 10.8. The van der Waals surface area contributed by atoms with Gasteiger partial charge in [0.2, 0.25) is 10.0 Å². The molecule has 2 aromatic carbocycles. The molecule has 0 saturated carbocycles. The number of carbonyl (C=O) groups excluding carboxylic acids is 2. The van der Waals surface area contributed by atoms with Crippen LogP contribution in [0.25, 0.3) is 0 Å². The van der Waals surface area contributed by atoms with E-state index in [2.05, 4.69) is 4.72 Å². The van der Waals surface area contributed by atoms with Gasteiger partial charge in [0.1, 0.15) is 6.04 Å². The lowest BCUT2D eigenvalue weighted by Crippen LogP contribution is -2.40. The van der Waals surface area contributed by atoms with E-state index < -0.39 is 28.6 Å². The Morgan fingerprint density at radius 3 is 2.38 bits per heavy atom. The van der Waals surface area contributed by atoms with E-state index in [-0.39, 0.29) is 10.7 Å². The van der Waals surface area contributed by atoms with E-state index >= 15 is 0 Å². The Labute approximate surface area is 171 Å². The zero-order chi connectivity index (χ0) is 21.0. The fourth-order valence-corrected chi connectivity index (χ4v) is 4.51. The van der Waals surface area contributed by atoms with Crippen LogP contribution in [0.15, 0.2) is 47.4 Å². The molecule has 0 aromatic heterocycles. The van der Waals surface area contributed by atoms with Crippen LogP contribution < -0.4 is 4.72 Å². The molecule has 0 amide bonds. The van der Waals surface area contributed by atoms with Gasteiger partial charge in [-0.1, -0.05) is 29.8 Å². The number of ether oxygens (including phenoxy) is 1. The van der Waals surface area contributed by atoms with Crippen molar-refractivity contribution in [1.29, 1.82) is 0 Å². The van der Waals surface area contributed by atoms with Crippen LogP contribution in [0.5, 0.6) is 0 Å². The molecular weight excluding hydrogens is 390 g/mol. The number of fused-ring (bicyclic) bond motifs is 1. The fourth-order valence-electron chi connectivity index (χ4n) is 3.32. The lowest BCUT2D eigenvalue weighted by atomic mass is 9.90. The van der Waals surface area contributed by atoms with E-state index in [0.29, 0.717) is 5.56 Å². The van der Waals surface area contributed by atoms with Crippen LogP contribution in [-0.4, -0.2) is 32.8 Å². The summed E-state index contributed by atoms with van der Waals surface area (Å²) in [6.07, 6.45) is 4.25. The fraction of sp³-hybridized carbons (Fsp3) is 0.364. The largest absolute Gasteiger partial charge is 0.456 e. The molecule has 0 unspecified atom stereocenters. The third-order valence-electron chi connectivity index (χ3n) is 5.03. The van der Waals surface area contributed by atoms with Crippen LogP contribution >= 0.6 is 0 Å². The van der Waals surface area contributed by atoms with Gasteiger partial charge in [-0.05, 0) is 68.9 Å². The van der Waals surface area contributed by atoms with Crippen molar-refractivity contribution in [1.82, 2.24) is 4.72 Å². The van der Waals surface area contributed by atoms with Gasteiger partial charge in [-0.2, -0.15) is 4.72 Å². The van der Waals surface area contributed by atoms with Gasteiger partial charge in [0, 0.05) is 5.56 Å². The van der Waals surface area contributed by atoms with Crippen molar-refractivity contribution >= 4 is 21.8 Å². The second kappa shape index (κ2) is 8.88. The molecule has 1 N–H and O–H groups in total. The van der Waals surface area contributed by atoms with Crippen molar-refractivity contribution in [3.63, 3.8) is 0 Å². The number of nitrogens with one attached hydrogen (secondary N) is 1. The molecule has 6 nitrogen and oxygen atoms in total. The maximum absolute atomic E-state index is 12.4. The van der Waals surface area contributed by atoms with Gasteiger partial charge in [-0.25, -0.2) is 8.42 Å². The molecule has 0 spiro atoms. The smallest absolute Gasteiger partial charge is 0.324 e. The highest BCUT2D eigenvalue weighted by molar-refractivity contribution is 7.89. The quantitative estimate of drug-likeness (QED) is 0.555. The third-order valence-corrected chi connectivity index (χ3v) is 6.59. The molecule has 0 radical (unpaired) electrons. The highest BCUT2D eigenvalue weighted by Gasteiger charge is 2.24. The Bertz CT molecular complexity index is 1010. The highest BCUT2D eigenvalue weighted by Crippen LogP contribution is 2.22. The summed E-state index contributed by atoms with van der Waals surface area (Å²) < 4.78 is 32.1. The zero-order valence-electron chi connectivity index (χ0n) is 16.6. The summed E-state index contributed by atoms with van der Waals surface area (Å²) in [5.41, 5.74) is 3.88. The standard InChI is InChI=1S/C22H25NO5S/c1-15-7-11-20(12-8-15)29(26,27)23-16(2)22(25)28-14-21(24)19-10-9-17-5-3-4-6-18(17)13-19/h7-13,16,23H,3-6,14H2,1-2H3/t16-/m0/s1. The molecule has 2 aromatic rings. The number of esters is 1. The molecule has 0 fully saturated rings. The summed E-state index contributed by atoms with van der Waals surface area (Å²) in [4.78, 5) is 24.6. The van der Waals surface area contributed by atoms with Crippen molar-refractivity contribution in [3.05, 3.63) is 64.7 Å². The number of ketones is 1. The molecule has 0 aliphatic heterocycles. The van der Waals surface area contributed by atoms with Crippen molar-refractivity contribution in [2.45, 2.75) is 50.5 Å². The van der Waals surface area contributed by atoms with E-state index in [0.717, 1.165) is 31.2 Å². The molecule has 0 bridgehead atoms. The molecule has 0 saturated heterocycles. The van der Waals surface area contributed by atoms with Crippen molar-refractivity contribution in [2.75, 3.05) is 6.61 Å². The highest BCUT2D eigenvalue weighted by atomic mass is 32.2. The number of carbonyl (C=O) groups is 2. The number of hydrogen-bond donors (Lipinski definition) is 1. The SMILES string of the molecule is Cc1ccc(S(=O)(=O)N[C@@H](C)C(=O)OCC(=O)c2ccc3c(c2)CCCC3)cc1. The Kier molecular flexibility index (Phi) is 6.49. The second-order valence-corrected chi connectivity index (χ2v) is 9.09. The summed E-state index contributed by atoms with van der Waals surface area (Å²) >= 11 is 0. The molecule has 7 heteroatoms. The Morgan fingerprint density at radius 2 is 1.69 bits per heavy atom. The summed E-state index contributed by atoms with van der Waals surface area (Å²) in [5, 5.41) is 0. The first kappa shape index (κ1) is 21.2. The molecule has 1 aliphatic rings. The van der Waals surface area contributed by atoms with Crippen molar-refractivity contribution in [3.8, 4) is 0 Å². The topological polar surface area (TPSA) is 89.5 Å². The molecule has 1 atom stereocenters. The summed E-state index contributed by atoms with van der Waals surface area (Å²) in [6.45, 7) is 2.81. The predicted molar refractivity (Wildman–Crippen MR) is 109 cm³/mol. The first-order valence-electron chi connectivity index (χ1n) is 9.67. The number of hydrogen-bond acceptors (Lipinski definition) is 5. The second-order valence-electron chi connectivity index (χ2n) is 7.38. The average Bonchev–Trinajstić information content (AvgIpc) is 2.71. The van der Waals surface area contributed by atoms with Crippen LogP contribution in [-0.2, 0) is 32.4 Å². The minimum atomic E-state index is -3.86. The van der Waals surface area contributed by atoms with Gasteiger partial charge < -0.3 is 4.74 Å². The zero-order valence-corrected chi connectivity index (χ0v) is 17.4. The number of rotatable bonds is 7. The molecule has 1 aliphatic carbocycles. The monoisotopic (exact) mass is 415 g/mol. The first-order chi connectivity index (χ1) is 13.8. The van der Waals surface area contributed by atoms with Crippen molar-refractivity contribution < 1.29 is 22.7 Å². The summed E-state index contributed by atoms with van der Waals surface area (Å²) in [5.74, 6) is -1.10. The average molecular weight is 416 g/mol. The van der Waals surface area contributed by atoms with E-state index in [9.17, 15) is 18.0 Å². The van der Waals surface area contributed by atoms with Crippen LogP contribution in [0.1, 0.15) is 46.8 Å². The summed E-state index contributed by atoms with van der Waals surface area (Å²) in [7, 11) is -3.86. The molecule has 29 heavy (non-hydrogen) atoms. The van der Waals surface area contributed by atoms with Crippen LogP contribution in [0, 0.1) is 6.92 Å². The van der Waals surface area contributed by atoms with Crippen LogP contribution in [0.3, 0.4) is 0 Å². The molecular formula is C22H25NO5S. The van der Waals surface area contributed by atoms with E-state index in [1.807, 2.05) is 19.1 Å². The first-order valence-corrected chi connectivity index (χ1v) is 11.2. The lowest BCUT2D eigenvalue weighted by Gasteiger charge is -2.16. The van der Waals surface area contributed by atoms with Gasteiger partial charge in [0.05, 0.1) is 4.90 Å². The minimum Gasteiger partial charge on any atom is -0.456 e. The molecule has 3 rings (SSSR count). The number of benzene rings is 2. The van der Waals surface area contributed by atoms with Crippen LogP contribution in [0.2, 0.25) is 0 Å². The third kappa shape index (κ3) is 5.31. The molecule has 0 heterocycles. The van der Waals surface area contributed by atoms with Crippen LogP contribution in [0.4, 0.5) is 0 Å².